The van der Waals surface area contributed by atoms with Gasteiger partial charge in [0.25, 0.3) is 0 Å². The molecule has 142 valence electrons. The third-order valence-corrected chi connectivity index (χ3v) is 5.13. The molecular weight excluding hydrogens is 365 g/mol. The molecule has 0 radical (unpaired) electrons. The van der Waals surface area contributed by atoms with E-state index in [1.165, 1.54) is 43.2 Å². The Morgan fingerprint density at radius 3 is 2.69 bits per heavy atom. The number of alkyl halides is 3. The highest BCUT2D eigenvalue weighted by Gasteiger charge is 2.31. The van der Waals surface area contributed by atoms with Crippen LogP contribution in [0.25, 0.3) is 0 Å². The van der Waals surface area contributed by atoms with Crippen LogP contribution in [0.2, 0.25) is 0 Å². The number of rotatable bonds is 7. The van der Waals surface area contributed by atoms with E-state index in [1.807, 2.05) is 10.9 Å². The molecule has 0 N–H and O–H groups in total. The summed E-state index contributed by atoms with van der Waals surface area (Å²) in [4.78, 5) is 3.13. The van der Waals surface area contributed by atoms with E-state index in [4.69, 9.17) is 0 Å². The van der Waals surface area contributed by atoms with Gasteiger partial charge in [0.1, 0.15) is 5.75 Å². The second kappa shape index (κ2) is 8.77. The summed E-state index contributed by atoms with van der Waals surface area (Å²) >= 11 is 1.40. The van der Waals surface area contributed by atoms with E-state index in [0.717, 1.165) is 31.9 Å². The lowest BCUT2D eigenvalue weighted by molar-refractivity contribution is -0.274. The van der Waals surface area contributed by atoms with E-state index in [-0.39, 0.29) is 5.75 Å². The zero-order valence-electron chi connectivity index (χ0n) is 14.3. The first kappa shape index (κ1) is 19.0. The van der Waals surface area contributed by atoms with Crippen LogP contribution in [-0.4, -0.2) is 45.9 Å². The highest BCUT2D eigenvalue weighted by molar-refractivity contribution is 7.98. The van der Waals surface area contributed by atoms with Gasteiger partial charge in [0.15, 0.2) is 0 Å². The van der Waals surface area contributed by atoms with E-state index in [9.17, 15) is 13.2 Å². The molecule has 1 aromatic heterocycles. The minimum Gasteiger partial charge on any atom is -0.406 e. The van der Waals surface area contributed by atoms with Crippen molar-refractivity contribution in [2.45, 2.75) is 42.8 Å². The SMILES string of the molecule is FC(F)(F)Oc1cccc(SCc2cn(CCN3CCCCC3)nn2)c1. The van der Waals surface area contributed by atoms with Crippen molar-refractivity contribution in [1.82, 2.24) is 19.9 Å². The van der Waals surface area contributed by atoms with Gasteiger partial charge in [-0.05, 0) is 44.1 Å². The van der Waals surface area contributed by atoms with Crippen LogP contribution in [0.15, 0.2) is 35.4 Å². The maximum Gasteiger partial charge on any atom is 0.573 e. The fourth-order valence-corrected chi connectivity index (χ4v) is 3.68. The van der Waals surface area contributed by atoms with Crippen molar-refractivity contribution < 1.29 is 17.9 Å². The van der Waals surface area contributed by atoms with Crippen LogP contribution in [0.1, 0.15) is 25.0 Å². The minimum atomic E-state index is -4.68. The molecule has 1 aliphatic rings. The van der Waals surface area contributed by atoms with Gasteiger partial charge in [0, 0.05) is 23.4 Å². The molecule has 0 saturated carbocycles. The molecule has 2 heterocycles. The van der Waals surface area contributed by atoms with Crippen LogP contribution >= 0.6 is 11.8 Å². The summed E-state index contributed by atoms with van der Waals surface area (Å²) in [7, 11) is 0. The summed E-state index contributed by atoms with van der Waals surface area (Å²) < 4.78 is 42.6. The number of piperidine rings is 1. The molecule has 2 aromatic rings. The summed E-state index contributed by atoms with van der Waals surface area (Å²) in [5.41, 5.74) is 0.802. The minimum absolute atomic E-state index is 0.215. The highest BCUT2D eigenvalue weighted by atomic mass is 32.2. The molecule has 0 unspecified atom stereocenters. The molecule has 0 atom stereocenters. The van der Waals surface area contributed by atoms with Crippen molar-refractivity contribution in [3.63, 3.8) is 0 Å². The maximum absolute atomic E-state index is 12.3. The molecule has 0 aliphatic carbocycles. The van der Waals surface area contributed by atoms with Crippen LogP contribution < -0.4 is 4.74 Å². The van der Waals surface area contributed by atoms with E-state index in [2.05, 4.69) is 19.9 Å². The Morgan fingerprint density at radius 1 is 1.12 bits per heavy atom. The Kier molecular flexibility index (Phi) is 6.42. The predicted octanol–water partition coefficient (Wildman–Crippen LogP) is 3.95. The van der Waals surface area contributed by atoms with E-state index in [1.54, 1.807) is 12.1 Å². The van der Waals surface area contributed by atoms with E-state index in [0.29, 0.717) is 10.6 Å². The number of ether oxygens (including phenoxy) is 1. The van der Waals surface area contributed by atoms with Crippen molar-refractivity contribution in [3.05, 3.63) is 36.2 Å². The molecule has 0 amide bonds. The van der Waals surface area contributed by atoms with Crippen LogP contribution in [0.3, 0.4) is 0 Å². The van der Waals surface area contributed by atoms with Crippen molar-refractivity contribution >= 4 is 11.8 Å². The fraction of sp³-hybridized carbons (Fsp3) is 0.529. The third-order valence-electron chi connectivity index (χ3n) is 4.11. The van der Waals surface area contributed by atoms with Crippen LogP contribution in [0, 0.1) is 0 Å². The first-order valence-electron chi connectivity index (χ1n) is 8.58. The molecule has 3 rings (SSSR count). The number of thioether (sulfide) groups is 1. The van der Waals surface area contributed by atoms with Crippen LogP contribution in [0.4, 0.5) is 13.2 Å². The largest absolute Gasteiger partial charge is 0.573 e. The molecule has 9 heteroatoms. The molecular formula is C17H21F3N4OS. The summed E-state index contributed by atoms with van der Waals surface area (Å²) in [6.45, 7) is 4.06. The van der Waals surface area contributed by atoms with Gasteiger partial charge in [-0.25, -0.2) is 0 Å². The topological polar surface area (TPSA) is 43.2 Å². The summed E-state index contributed by atoms with van der Waals surface area (Å²) in [5, 5.41) is 8.27. The molecule has 1 aromatic carbocycles. The maximum atomic E-state index is 12.3. The van der Waals surface area contributed by atoms with E-state index < -0.39 is 6.36 Å². The summed E-state index contributed by atoms with van der Waals surface area (Å²) in [6, 6.07) is 5.95. The second-order valence-electron chi connectivity index (χ2n) is 6.19. The Balaban J connectivity index is 1.47. The molecule has 0 bridgehead atoms. The Morgan fingerprint density at radius 2 is 1.92 bits per heavy atom. The number of hydrogen-bond acceptors (Lipinski definition) is 5. The average molecular weight is 386 g/mol. The van der Waals surface area contributed by atoms with Crippen molar-refractivity contribution in [2.24, 2.45) is 0 Å². The molecule has 1 aliphatic heterocycles. The van der Waals surface area contributed by atoms with Gasteiger partial charge in [-0.2, -0.15) is 0 Å². The summed E-state index contributed by atoms with van der Waals surface area (Å²) in [6.07, 6.45) is 1.05. The molecule has 1 saturated heterocycles. The lowest BCUT2D eigenvalue weighted by Gasteiger charge is -2.25. The molecule has 26 heavy (non-hydrogen) atoms. The van der Waals surface area contributed by atoms with Gasteiger partial charge in [-0.3, -0.25) is 4.68 Å². The van der Waals surface area contributed by atoms with Crippen molar-refractivity contribution in [1.29, 1.82) is 0 Å². The summed E-state index contributed by atoms with van der Waals surface area (Å²) in [5.74, 6) is 0.326. The number of nitrogens with zero attached hydrogens (tertiary/aromatic N) is 4. The highest BCUT2D eigenvalue weighted by Crippen LogP contribution is 2.28. The third kappa shape index (κ3) is 6.21. The zero-order chi connectivity index (χ0) is 18.4. The smallest absolute Gasteiger partial charge is 0.406 e. The Hall–Kier alpha value is -1.74. The van der Waals surface area contributed by atoms with Crippen LogP contribution in [0.5, 0.6) is 5.75 Å². The predicted molar refractivity (Wildman–Crippen MR) is 93.0 cm³/mol. The van der Waals surface area contributed by atoms with E-state index >= 15 is 0 Å². The second-order valence-corrected chi connectivity index (χ2v) is 7.24. The molecule has 1 fully saturated rings. The number of aromatic nitrogens is 3. The number of hydrogen-bond donors (Lipinski definition) is 0. The monoisotopic (exact) mass is 386 g/mol. The van der Waals surface area contributed by atoms with Crippen molar-refractivity contribution in [2.75, 3.05) is 19.6 Å². The van der Waals surface area contributed by atoms with Gasteiger partial charge in [-0.15, -0.1) is 30.0 Å². The normalized spacial score (nSPS) is 16.0. The number of halogens is 3. The Labute approximate surface area is 154 Å². The molecule has 5 nitrogen and oxygen atoms in total. The average Bonchev–Trinajstić information content (AvgIpc) is 3.06. The lowest BCUT2D eigenvalue weighted by atomic mass is 10.1. The van der Waals surface area contributed by atoms with Crippen molar-refractivity contribution in [3.8, 4) is 5.75 Å². The molecule has 0 spiro atoms. The number of likely N-dealkylation sites (tertiary alicyclic amines) is 1. The Bertz CT molecular complexity index is 701. The first-order chi connectivity index (χ1) is 12.5. The standard InChI is InChI=1S/C17H21F3N4OS/c18-17(19,20)25-15-5-4-6-16(11-15)26-13-14-12-24(22-21-14)10-9-23-7-2-1-3-8-23/h4-6,11-12H,1-3,7-10,13H2. The van der Waals surface area contributed by atoms with Gasteiger partial charge in [0.2, 0.25) is 0 Å². The number of benzene rings is 1. The lowest BCUT2D eigenvalue weighted by Crippen LogP contribution is -2.32. The van der Waals surface area contributed by atoms with Gasteiger partial charge >= 0.3 is 6.36 Å². The van der Waals surface area contributed by atoms with Crippen LogP contribution in [-0.2, 0) is 12.3 Å². The first-order valence-corrected chi connectivity index (χ1v) is 9.56. The zero-order valence-corrected chi connectivity index (χ0v) is 15.1. The quantitative estimate of drug-likeness (QED) is 0.674. The fourth-order valence-electron chi connectivity index (χ4n) is 2.86. The van der Waals surface area contributed by atoms with Gasteiger partial charge in [-0.1, -0.05) is 17.7 Å². The van der Waals surface area contributed by atoms with Gasteiger partial charge in [0.05, 0.1) is 12.2 Å². The van der Waals surface area contributed by atoms with Gasteiger partial charge < -0.3 is 9.64 Å².